The number of rotatable bonds is 0. The molecule has 0 bridgehead atoms. The topological polar surface area (TPSA) is 20.2 Å². The molecule has 19 heavy (non-hydrogen) atoms. The van der Waals surface area contributed by atoms with Crippen molar-refractivity contribution >= 4 is 0 Å². The second kappa shape index (κ2) is 4.62. The van der Waals surface area contributed by atoms with Gasteiger partial charge in [0.15, 0.2) is 0 Å². The average Bonchev–Trinajstić information content (AvgIpc) is 2.80. The van der Waals surface area contributed by atoms with Crippen LogP contribution in [0.15, 0.2) is 12.2 Å². The first kappa shape index (κ1) is 12.4. The smallest absolute Gasteiger partial charge is 0.0543 e. The third-order valence-electron chi connectivity index (χ3n) is 7.19. The lowest BCUT2D eigenvalue weighted by Gasteiger charge is -2.52. The van der Waals surface area contributed by atoms with E-state index in [9.17, 15) is 5.11 Å². The first-order chi connectivity index (χ1) is 9.24. The van der Waals surface area contributed by atoms with Crippen LogP contribution in [-0.2, 0) is 0 Å². The van der Waals surface area contributed by atoms with Crippen LogP contribution in [-0.4, -0.2) is 11.2 Å². The van der Waals surface area contributed by atoms with Gasteiger partial charge < -0.3 is 5.11 Å². The second-order valence-corrected chi connectivity index (χ2v) is 7.84. The fourth-order valence-electron chi connectivity index (χ4n) is 6.40. The molecule has 4 aliphatic rings. The minimum absolute atomic E-state index is 0.0143. The Morgan fingerprint density at radius 1 is 0.789 bits per heavy atom. The summed E-state index contributed by atoms with van der Waals surface area (Å²) >= 11 is 0. The zero-order chi connectivity index (χ0) is 13.0. The van der Waals surface area contributed by atoms with Crippen LogP contribution < -0.4 is 0 Å². The van der Waals surface area contributed by atoms with Gasteiger partial charge in [0.05, 0.1) is 6.10 Å². The van der Waals surface area contributed by atoms with Crippen LogP contribution in [0.5, 0.6) is 0 Å². The van der Waals surface area contributed by atoms with Gasteiger partial charge in [0.2, 0.25) is 0 Å². The molecule has 4 rings (SSSR count). The van der Waals surface area contributed by atoms with Gasteiger partial charge in [-0.3, -0.25) is 0 Å². The van der Waals surface area contributed by atoms with E-state index in [1.54, 1.807) is 5.57 Å². The van der Waals surface area contributed by atoms with Crippen molar-refractivity contribution in [2.75, 3.05) is 0 Å². The molecule has 106 valence electrons. The summed E-state index contributed by atoms with van der Waals surface area (Å²) in [5.74, 6) is 5.68. The molecule has 1 N–H and O–H groups in total. The van der Waals surface area contributed by atoms with Crippen LogP contribution in [0.4, 0.5) is 0 Å². The highest BCUT2D eigenvalue weighted by atomic mass is 16.3. The van der Waals surface area contributed by atoms with E-state index in [4.69, 9.17) is 0 Å². The molecule has 3 unspecified atom stereocenters. The Balaban J connectivity index is 1.54. The third kappa shape index (κ3) is 1.92. The van der Waals surface area contributed by atoms with E-state index in [1.165, 1.54) is 44.9 Å². The number of fused-ring (bicyclic) bond motifs is 5. The Labute approximate surface area is 117 Å². The summed E-state index contributed by atoms with van der Waals surface area (Å²) in [6.45, 7) is 4.33. The average molecular weight is 260 g/mol. The predicted molar refractivity (Wildman–Crippen MR) is 77.6 cm³/mol. The van der Waals surface area contributed by atoms with Crippen LogP contribution in [0.25, 0.3) is 0 Å². The summed E-state index contributed by atoms with van der Waals surface area (Å²) in [6.07, 6.45) is 12.0. The van der Waals surface area contributed by atoms with Crippen molar-refractivity contribution in [2.45, 2.75) is 63.9 Å². The van der Waals surface area contributed by atoms with E-state index in [1.807, 2.05) is 0 Å². The maximum atomic E-state index is 9.92. The molecule has 0 aromatic carbocycles. The van der Waals surface area contributed by atoms with E-state index in [0.717, 1.165) is 48.3 Å². The quantitative estimate of drug-likeness (QED) is 0.648. The Hall–Kier alpha value is -0.300. The fraction of sp³-hybridized carbons (Fsp3) is 0.889. The molecule has 7 atom stereocenters. The number of hydrogen-bond acceptors (Lipinski definition) is 1. The summed E-state index contributed by atoms with van der Waals surface area (Å²) in [6, 6.07) is 0. The Bertz CT molecular complexity index is 374. The SMILES string of the molecule is C=C1CC[C@@H]2C1CC[C@@H]1C3CC[C@@H](O)C[C@@H]3CCC21. The molecule has 4 fully saturated rings. The molecule has 4 aliphatic carbocycles. The lowest BCUT2D eigenvalue weighted by molar-refractivity contribution is -0.0429. The van der Waals surface area contributed by atoms with Crippen molar-refractivity contribution in [2.24, 2.45) is 35.5 Å². The van der Waals surface area contributed by atoms with Crippen molar-refractivity contribution in [1.29, 1.82) is 0 Å². The van der Waals surface area contributed by atoms with E-state index in [2.05, 4.69) is 6.58 Å². The molecule has 4 saturated carbocycles. The number of hydrogen-bond donors (Lipinski definition) is 1. The van der Waals surface area contributed by atoms with Gasteiger partial charge in [-0.1, -0.05) is 12.2 Å². The van der Waals surface area contributed by atoms with E-state index < -0.39 is 0 Å². The van der Waals surface area contributed by atoms with Crippen molar-refractivity contribution in [3.8, 4) is 0 Å². The lowest BCUT2D eigenvalue weighted by atomic mass is 9.53. The van der Waals surface area contributed by atoms with Crippen LogP contribution in [0.2, 0.25) is 0 Å². The molecule has 0 aliphatic heterocycles. The van der Waals surface area contributed by atoms with Gasteiger partial charge in [-0.05, 0) is 93.3 Å². The molecular formula is C18H28O. The summed E-state index contributed by atoms with van der Waals surface area (Å²) in [4.78, 5) is 0. The van der Waals surface area contributed by atoms with Crippen LogP contribution in [0.1, 0.15) is 57.8 Å². The van der Waals surface area contributed by atoms with Gasteiger partial charge in [0, 0.05) is 0 Å². The highest BCUT2D eigenvalue weighted by Crippen LogP contribution is 2.58. The van der Waals surface area contributed by atoms with Crippen molar-refractivity contribution in [1.82, 2.24) is 0 Å². The highest BCUT2D eigenvalue weighted by molar-refractivity contribution is 5.13. The predicted octanol–water partition coefficient (Wildman–Crippen LogP) is 4.17. The van der Waals surface area contributed by atoms with E-state index >= 15 is 0 Å². The maximum absolute atomic E-state index is 9.92. The van der Waals surface area contributed by atoms with Crippen LogP contribution in [0.3, 0.4) is 0 Å². The maximum Gasteiger partial charge on any atom is 0.0543 e. The minimum Gasteiger partial charge on any atom is -0.393 e. The summed E-state index contributed by atoms with van der Waals surface area (Å²) in [7, 11) is 0. The van der Waals surface area contributed by atoms with Crippen molar-refractivity contribution < 1.29 is 5.11 Å². The van der Waals surface area contributed by atoms with Gasteiger partial charge in [-0.2, -0.15) is 0 Å². The third-order valence-corrected chi connectivity index (χ3v) is 7.19. The normalized spacial score (nSPS) is 53.3. The first-order valence-electron chi connectivity index (χ1n) is 8.59. The monoisotopic (exact) mass is 260 g/mol. The van der Waals surface area contributed by atoms with Gasteiger partial charge in [-0.25, -0.2) is 0 Å². The Morgan fingerprint density at radius 2 is 1.53 bits per heavy atom. The summed E-state index contributed by atoms with van der Waals surface area (Å²) in [5.41, 5.74) is 1.57. The van der Waals surface area contributed by atoms with Crippen LogP contribution >= 0.6 is 0 Å². The second-order valence-electron chi connectivity index (χ2n) is 7.84. The summed E-state index contributed by atoms with van der Waals surface area (Å²) in [5, 5.41) is 9.92. The molecule has 0 radical (unpaired) electrons. The first-order valence-corrected chi connectivity index (χ1v) is 8.59. The van der Waals surface area contributed by atoms with Gasteiger partial charge in [0.1, 0.15) is 0 Å². The van der Waals surface area contributed by atoms with Crippen molar-refractivity contribution in [3.63, 3.8) is 0 Å². The molecule has 1 heteroatoms. The molecule has 0 spiro atoms. The number of aliphatic hydroxyl groups excluding tert-OH is 1. The van der Waals surface area contributed by atoms with E-state index in [0.29, 0.717) is 0 Å². The largest absolute Gasteiger partial charge is 0.393 e. The summed E-state index contributed by atoms with van der Waals surface area (Å²) < 4.78 is 0. The van der Waals surface area contributed by atoms with Crippen LogP contribution in [0, 0.1) is 35.5 Å². The molecular weight excluding hydrogens is 232 g/mol. The number of aliphatic hydroxyl groups is 1. The van der Waals surface area contributed by atoms with Gasteiger partial charge in [-0.15, -0.1) is 0 Å². The number of allylic oxidation sites excluding steroid dienone is 1. The van der Waals surface area contributed by atoms with E-state index in [-0.39, 0.29) is 6.10 Å². The molecule has 0 aromatic rings. The minimum atomic E-state index is 0.0143. The zero-order valence-corrected chi connectivity index (χ0v) is 12.1. The van der Waals surface area contributed by atoms with Gasteiger partial charge >= 0.3 is 0 Å². The molecule has 0 amide bonds. The molecule has 0 heterocycles. The molecule has 0 saturated heterocycles. The molecule has 0 aromatic heterocycles. The Kier molecular flexibility index (Phi) is 3.02. The molecule has 1 nitrogen and oxygen atoms in total. The standard InChI is InChI=1S/C18H28O/c1-11-2-5-16-14(11)8-9-17-15-7-4-13(19)10-12(15)3-6-18(16)17/h12-19H,1-10H2/t12-,13+,14?,15?,16+,17+,18?/m0/s1. The lowest BCUT2D eigenvalue weighted by Crippen LogP contribution is -2.45. The highest BCUT2D eigenvalue weighted by Gasteiger charge is 2.49. The Morgan fingerprint density at radius 3 is 2.42 bits per heavy atom. The zero-order valence-electron chi connectivity index (χ0n) is 12.1. The fourth-order valence-corrected chi connectivity index (χ4v) is 6.40. The van der Waals surface area contributed by atoms with Crippen molar-refractivity contribution in [3.05, 3.63) is 12.2 Å². The van der Waals surface area contributed by atoms with Gasteiger partial charge in [0.25, 0.3) is 0 Å².